The van der Waals surface area contributed by atoms with E-state index in [4.69, 9.17) is 18.0 Å². The first-order valence-electron chi connectivity index (χ1n) is 6.04. The molecule has 1 rings (SSSR count). The van der Waals surface area contributed by atoms with E-state index in [9.17, 15) is 0 Å². The fourth-order valence-electron chi connectivity index (χ4n) is 2.49. The normalized spacial score (nSPS) is 27.3. The van der Waals surface area contributed by atoms with E-state index in [-0.39, 0.29) is 0 Å². The molecule has 1 aliphatic carbocycles. The molecule has 2 N–H and O–H groups in total. The minimum absolute atomic E-state index is 0.546. The Morgan fingerprint density at radius 1 is 1.33 bits per heavy atom. The lowest BCUT2D eigenvalue weighted by Gasteiger charge is -2.38. The minimum Gasteiger partial charge on any atom is -0.392 e. The lowest BCUT2D eigenvalue weighted by atomic mass is 9.86. The smallest absolute Gasteiger partial charge is 0.0870 e. The van der Waals surface area contributed by atoms with Crippen LogP contribution < -0.4 is 5.73 Å². The van der Waals surface area contributed by atoms with E-state index in [0.29, 0.717) is 17.1 Å². The number of rotatable bonds is 4. The summed E-state index contributed by atoms with van der Waals surface area (Å²) < 4.78 is 0. The minimum atomic E-state index is 0.546. The third-order valence-corrected chi connectivity index (χ3v) is 3.59. The molecule has 0 aromatic rings. The summed E-state index contributed by atoms with van der Waals surface area (Å²) in [4.78, 5) is 3.09. The van der Waals surface area contributed by atoms with Crippen molar-refractivity contribution in [3.8, 4) is 0 Å². The molecule has 1 aliphatic rings. The van der Waals surface area contributed by atoms with Gasteiger partial charge in [-0.1, -0.05) is 19.1 Å². The van der Waals surface area contributed by atoms with Crippen molar-refractivity contribution in [2.75, 3.05) is 6.54 Å². The lowest BCUT2D eigenvalue weighted by Crippen LogP contribution is -2.46. The Labute approximate surface area is 99.2 Å². The highest BCUT2D eigenvalue weighted by Crippen LogP contribution is 2.27. The number of nitrogens with zero attached hydrogens (tertiary/aromatic N) is 1. The van der Waals surface area contributed by atoms with Crippen molar-refractivity contribution in [1.82, 2.24) is 4.90 Å². The van der Waals surface area contributed by atoms with Gasteiger partial charge in [-0.15, -0.1) is 0 Å². The Balaban J connectivity index is 2.52. The molecule has 0 aromatic carbocycles. The molecule has 15 heavy (non-hydrogen) atoms. The average Bonchev–Trinajstić information content (AvgIpc) is 2.15. The summed E-state index contributed by atoms with van der Waals surface area (Å²) in [6.07, 6.45) is 5.32. The number of nitrogens with two attached hydrogens (primary N) is 1. The van der Waals surface area contributed by atoms with Gasteiger partial charge in [-0.2, -0.15) is 0 Å². The molecule has 0 saturated heterocycles. The highest BCUT2D eigenvalue weighted by molar-refractivity contribution is 7.80. The van der Waals surface area contributed by atoms with Crippen molar-refractivity contribution in [3.05, 3.63) is 0 Å². The summed E-state index contributed by atoms with van der Waals surface area (Å²) in [6, 6.07) is 1.24. The monoisotopic (exact) mass is 228 g/mol. The van der Waals surface area contributed by atoms with E-state index in [1.165, 1.54) is 25.7 Å². The van der Waals surface area contributed by atoms with Crippen molar-refractivity contribution < 1.29 is 0 Å². The summed E-state index contributed by atoms with van der Waals surface area (Å²) in [5.74, 6) is 0.903. The van der Waals surface area contributed by atoms with E-state index in [2.05, 4.69) is 25.7 Å². The van der Waals surface area contributed by atoms with E-state index < -0.39 is 0 Å². The van der Waals surface area contributed by atoms with Crippen molar-refractivity contribution in [3.63, 3.8) is 0 Å². The number of hydrogen-bond donors (Lipinski definition) is 1. The zero-order chi connectivity index (χ0) is 11.4. The molecule has 0 radical (unpaired) electrons. The van der Waals surface area contributed by atoms with Crippen LogP contribution in [0.25, 0.3) is 0 Å². The van der Waals surface area contributed by atoms with E-state index in [0.717, 1.165) is 12.5 Å². The highest BCUT2D eigenvalue weighted by atomic mass is 32.1. The third kappa shape index (κ3) is 4.07. The van der Waals surface area contributed by atoms with E-state index in [1.807, 2.05) is 0 Å². The van der Waals surface area contributed by atoms with Gasteiger partial charge in [0.1, 0.15) is 0 Å². The second kappa shape index (κ2) is 5.80. The van der Waals surface area contributed by atoms with Crippen molar-refractivity contribution in [1.29, 1.82) is 0 Å². The van der Waals surface area contributed by atoms with Gasteiger partial charge in [0.15, 0.2) is 0 Å². The third-order valence-electron chi connectivity index (χ3n) is 3.46. The molecule has 0 aromatic heterocycles. The molecule has 0 bridgehead atoms. The highest BCUT2D eigenvalue weighted by Gasteiger charge is 2.25. The van der Waals surface area contributed by atoms with Crippen molar-refractivity contribution in [2.24, 2.45) is 11.7 Å². The number of hydrogen-bond acceptors (Lipinski definition) is 2. The molecule has 0 amide bonds. The Morgan fingerprint density at radius 2 is 1.87 bits per heavy atom. The molecular weight excluding hydrogens is 204 g/mol. The first kappa shape index (κ1) is 12.9. The van der Waals surface area contributed by atoms with Gasteiger partial charge in [-0.25, -0.2) is 0 Å². The van der Waals surface area contributed by atoms with E-state index >= 15 is 0 Å². The molecule has 1 saturated carbocycles. The first-order valence-corrected chi connectivity index (χ1v) is 6.45. The van der Waals surface area contributed by atoms with Crippen LogP contribution in [-0.2, 0) is 0 Å². The molecule has 3 heteroatoms. The zero-order valence-electron chi connectivity index (χ0n) is 10.2. The predicted octanol–water partition coefficient (Wildman–Crippen LogP) is 2.56. The van der Waals surface area contributed by atoms with Crippen LogP contribution in [0.5, 0.6) is 0 Å². The molecule has 1 fully saturated rings. The van der Waals surface area contributed by atoms with Gasteiger partial charge < -0.3 is 5.73 Å². The maximum Gasteiger partial charge on any atom is 0.0870 e. The summed E-state index contributed by atoms with van der Waals surface area (Å²) >= 11 is 5.02. The predicted molar refractivity (Wildman–Crippen MR) is 70.0 cm³/mol. The molecule has 2 nitrogen and oxygen atoms in total. The molecule has 0 unspecified atom stereocenters. The Morgan fingerprint density at radius 3 is 2.27 bits per heavy atom. The molecule has 0 heterocycles. The molecule has 0 aliphatic heterocycles. The van der Waals surface area contributed by atoms with Crippen LogP contribution in [0.15, 0.2) is 0 Å². The van der Waals surface area contributed by atoms with Crippen LogP contribution in [0.3, 0.4) is 0 Å². The summed E-state index contributed by atoms with van der Waals surface area (Å²) in [6.45, 7) is 7.60. The summed E-state index contributed by atoms with van der Waals surface area (Å²) in [7, 11) is 0. The number of thiocarbonyl (C=S) groups is 1. The fourth-order valence-corrected chi connectivity index (χ4v) is 2.64. The van der Waals surface area contributed by atoms with Gasteiger partial charge in [0.25, 0.3) is 0 Å². The van der Waals surface area contributed by atoms with Gasteiger partial charge in [0.05, 0.1) is 4.99 Å². The van der Waals surface area contributed by atoms with E-state index in [1.54, 1.807) is 0 Å². The standard InChI is InChI=1S/C12H24N2S/c1-9(2)14(8-12(13)15)11-6-4-10(3)5-7-11/h9-11H,4-8H2,1-3H3,(H2,13,15). The Kier molecular flexibility index (Phi) is 5.00. The van der Waals surface area contributed by atoms with Crippen LogP contribution in [-0.4, -0.2) is 28.5 Å². The van der Waals surface area contributed by atoms with Gasteiger partial charge in [0.2, 0.25) is 0 Å². The average molecular weight is 228 g/mol. The van der Waals surface area contributed by atoms with Crippen LogP contribution in [0.1, 0.15) is 46.5 Å². The van der Waals surface area contributed by atoms with Crippen LogP contribution in [0.2, 0.25) is 0 Å². The molecule has 0 spiro atoms. The molecular formula is C12H24N2S. The zero-order valence-corrected chi connectivity index (χ0v) is 11.0. The summed E-state index contributed by atoms with van der Waals surface area (Å²) in [5, 5.41) is 0. The first-order chi connectivity index (χ1) is 7.00. The summed E-state index contributed by atoms with van der Waals surface area (Å²) in [5.41, 5.74) is 5.65. The van der Waals surface area contributed by atoms with Gasteiger partial charge >= 0.3 is 0 Å². The second-order valence-corrected chi connectivity index (χ2v) is 5.67. The quantitative estimate of drug-likeness (QED) is 0.750. The fraction of sp³-hybridized carbons (Fsp3) is 0.917. The van der Waals surface area contributed by atoms with Crippen LogP contribution in [0, 0.1) is 5.92 Å². The maximum atomic E-state index is 5.65. The molecule has 0 atom stereocenters. The SMILES string of the molecule is CC1CCC(N(CC(N)=S)C(C)C)CC1. The Bertz CT molecular complexity index is 208. The van der Waals surface area contributed by atoms with Gasteiger partial charge in [-0.3, -0.25) is 4.90 Å². The van der Waals surface area contributed by atoms with Crippen molar-refractivity contribution >= 4 is 17.2 Å². The van der Waals surface area contributed by atoms with Crippen molar-refractivity contribution in [2.45, 2.75) is 58.5 Å². The van der Waals surface area contributed by atoms with Crippen LogP contribution in [0.4, 0.5) is 0 Å². The van der Waals surface area contributed by atoms with Crippen LogP contribution >= 0.6 is 12.2 Å². The Hall–Kier alpha value is -0.150. The molecule has 88 valence electrons. The largest absolute Gasteiger partial charge is 0.392 e. The topological polar surface area (TPSA) is 29.3 Å². The second-order valence-electron chi connectivity index (χ2n) is 5.15. The van der Waals surface area contributed by atoms with Gasteiger partial charge in [-0.05, 0) is 45.4 Å². The maximum absolute atomic E-state index is 5.65. The lowest BCUT2D eigenvalue weighted by molar-refractivity contribution is 0.127. The van der Waals surface area contributed by atoms with Gasteiger partial charge in [0, 0.05) is 18.6 Å².